The van der Waals surface area contributed by atoms with Crippen LogP contribution in [-0.2, 0) is 4.74 Å². The zero-order chi connectivity index (χ0) is 24.5. The lowest BCUT2D eigenvalue weighted by molar-refractivity contribution is -0.384. The number of ketones is 1. The van der Waals surface area contributed by atoms with Gasteiger partial charge in [-0.15, -0.1) is 0 Å². The van der Waals surface area contributed by atoms with Gasteiger partial charge in [-0.05, 0) is 53.8 Å². The van der Waals surface area contributed by atoms with Crippen LogP contribution in [0.15, 0.2) is 83.4 Å². The number of non-ortho nitro benzene ring substituents is 1. The van der Waals surface area contributed by atoms with E-state index in [-0.39, 0.29) is 36.0 Å². The average molecular weight is 533 g/mol. The molecular weight excluding hydrogens is 512 g/mol. The van der Waals surface area contributed by atoms with Crippen LogP contribution in [0.25, 0.3) is 0 Å². The van der Waals surface area contributed by atoms with Gasteiger partial charge in [-0.2, -0.15) is 0 Å². The Kier molecular flexibility index (Phi) is 6.21. The highest BCUT2D eigenvalue weighted by Gasteiger charge is 2.38. The van der Waals surface area contributed by atoms with Crippen LogP contribution >= 0.6 is 15.9 Å². The molecule has 0 bridgehead atoms. The van der Waals surface area contributed by atoms with Crippen LogP contribution in [0.4, 0.5) is 11.4 Å². The van der Waals surface area contributed by atoms with Gasteiger partial charge in [-0.25, -0.2) is 4.79 Å². The molecule has 0 fully saturated rings. The Hall–Kier alpha value is -3.78. The molecule has 5 rings (SSSR count). The van der Waals surface area contributed by atoms with Crippen LogP contribution in [0.3, 0.4) is 0 Å². The Morgan fingerprint density at radius 1 is 1.03 bits per heavy atom. The minimum atomic E-state index is -0.547. The summed E-state index contributed by atoms with van der Waals surface area (Å²) in [6, 6.07) is 18.9. The molecule has 0 saturated carbocycles. The third-order valence-corrected chi connectivity index (χ3v) is 7.09. The maximum atomic E-state index is 12.7. The molecular formula is C27H21BrN2O5. The number of hydrogen-bond donors (Lipinski definition) is 1. The second-order valence-electron chi connectivity index (χ2n) is 8.63. The van der Waals surface area contributed by atoms with Crippen LogP contribution in [0.5, 0.6) is 0 Å². The topological polar surface area (TPSA) is 98.5 Å². The van der Waals surface area contributed by atoms with Crippen LogP contribution in [0.1, 0.15) is 50.2 Å². The molecule has 1 aliphatic carbocycles. The fourth-order valence-corrected chi connectivity index (χ4v) is 5.05. The molecule has 3 atom stereocenters. The summed E-state index contributed by atoms with van der Waals surface area (Å²) in [6.07, 6.45) is 5.14. The molecule has 0 spiro atoms. The number of Topliss-reactive ketones (excluding diaryl/α,β-unsaturated/α-hetero) is 1. The maximum Gasteiger partial charge on any atom is 0.338 e. The van der Waals surface area contributed by atoms with E-state index in [0.717, 1.165) is 27.7 Å². The number of allylic oxidation sites excluding steroid dienone is 2. The van der Waals surface area contributed by atoms with Gasteiger partial charge in [0.2, 0.25) is 0 Å². The van der Waals surface area contributed by atoms with Crippen molar-refractivity contribution in [2.24, 2.45) is 5.92 Å². The molecule has 0 amide bonds. The first-order valence-electron chi connectivity index (χ1n) is 11.2. The van der Waals surface area contributed by atoms with E-state index in [0.29, 0.717) is 11.1 Å². The number of ether oxygens (including phenoxy) is 1. The Balaban J connectivity index is 1.33. The van der Waals surface area contributed by atoms with Crippen molar-refractivity contribution in [3.8, 4) is 0 Å². The summed E-state index contributed by atoms with van der Waals surface area (Å²) in [5.41, 5.74) is 3.82. The predicted octanol–water partition coefficient (Wildman–Crippen LogP) is 6.22. The summed E-state index contributed by atoms with van der Waals surface area (Å²) in [7, 11) is 0. The average Bonchev–Trinajstić information content (AvgIpc) is 3.37. The summed E-state index contributed by atoms with van der Waals surface area (Å²) < 4.78 is 6.17. The molecule has 1 aliphatic heterocycles. The zero-order valence-corrected chi connectivity index (χ0v) is 20.1. The van der Waals surface area contributed by atoms with Gasteiger partial charge in [0.05, 0.1) is 16.5 Å². The number of carbonyl (C=O) groups is 2. The number of nitro groups is 1. The molecule has 3 aromatic rings. The molecule has 1 heterocycles. The number of benzene rings is 3. The van der Waals surface area contributed by atoms with Crippen LogP contribution in [0, 0.1) is 16.0 Å². The Bertz CT molecular complexity index is 1330. The fraction of sp³-hybridized carbons (Fsp3) is 0.185. The largest absolute Gasteiger partial charge is 0.454 e. The summed E-state index contributed by atoms with van der Waals surface area (Å²) in [6.45, 7) is -0.329. The highest BCUT2D eigenvalue weighted by Crippen LogP contribution is 2.50. The van der Waals surface area contributed by atoms with Gasteiger partial charge in [-0.1, -0.05) is 52.3 Å². The predicted molar refractivity (Wildman–Crippen MR) is 135 cm³/mol. The van der Waals surface area contributed by atoms with E-state index in [1.54, 1.807) is 42.5 Å². The van der Waals surface area contributed by atoms with Gasteiger partial charge < -0.3 is 10.1 Å². The molecule has 8 heteroatoms. The number of esters is 1. The first-order valence-corrected chi connectivity index (χ1v) is 12.0. The number of fused-ring (bicyclic) bond motifs is 3. The van der Waals surface area contributed by atoms with E-state index in [1.807, 2.05) is 12.1 Å². The van der Waals surface area contributed by atoms with Crippen molar-refractivity contribution in [3.05, 3.63) is 116 Å². The molecule has 0 unspecified atom stereocenters. The van der Waals surface area contributed by atoms with Crippen LogP contribution in [0.2, 0.25) is 0 Å². The number of anilines is 1. The van der Waals surface area contributed by atoms with Gasteiger partial charge in [0.15, 0.2) is 12.4 Å². The highest BCUT2D eigenvalue weighted by atomic mass is 79.9. The van der Waals surface area contributed by atoms with Crippen LogP contribution in [-0.4, -0.2) is 23.3 Å². The second-order valence-corrected chi connectivity index (χ2v) is 9.55. The first-order chi connectivity index (χ1) is 16.9. The molecule has 35 heavy (non-hydrogen) atoms. The number of nitro benzene ring substituents is 1. The lowest BCUT2D eigenvalue weighted by atomic mass is 9.76. The Labute approximate surface area is 210 Å². The van der Waals surface area contributed by atoms with E-state index in [4.69, 9.17) is 4.74 Å². The molecule has 3 aromatic carbocycles. The molecule has 7 nitrogen and oxygen atoms in total. The number of hydrogen-bond acceptors (Lipinski definition) is 6. The van der Waals surface area contributed by atoms with Gasteiger partial charge in [-0.3, -0.25) is 14.9 Å². The van der Waals surface area contributed by atoms with Gasteiger partial charge >= 0.3 is 5.97 Å². The van der Waals surface area contributed by atoms with E-state index in [9.17, 15) is 19.7 Å². The summed E-state index contributed by atoms with van der Waals surface area (Å²) in [5, 5.41) is 14.6. The van der Waals surface area contributed by atoms with Crippen molar-refractivity contribution in [1.29, 1.82) is 0 Å². The standard InChI is InChI=1S/C27H21BrN2O5/c28-19-9-4-16(5-10-19)25(31)15-35-27(32)18-8-13-24-23(14-18)21-2-1-3-22(21)26(29-24)17-6-11-20(12-7-17)30(33)34/h1-2,4-14,21-22,26,29H,3,15H2/t21-,22-,26+/m1/s1. The van der Waals surface area contributed by atoms with E-state index < -0.39 is 10.9 Å². The summed E-state index contributed by atoms with van der Waals surface area (Å²) >= 11 is 3.33. The molecule has 1 N–H and O–H groups in total. The number of carbonyl (C=O) groups excluding carboxylic acids is 2. The third kappa shape index (κ3) is 4.61. The smallest absolute Gasteiger partial charge is 0.338 e. The zero-order valence-electron chi connectivity index (χ0n) is 18.5. The number of nitrogens with zero attached hydrogens (tertiary/aromatic N) is 1. The molecule has 176 valence electrons. The number of rotatable bonds is 6. The number of nitrogens with one attached hydrogen (secondary N) is 1. The minimum Gasteiger partial charge on any atom is -0.454 e. The number of halogens is 1. The normalized spacial score (nSPS) is 19.9. The second kappa shape index (κ2) is 9.46. The van der Waals surface area contributed by atoms with Crippen molar-refractivity contribution in [2.75, 3.05) is 11.9 Å². The van der Waals surface area contributed by atoms with Crippen molar-refractivity contribution in [2.45, 2.75) is 18.4 Å². The summed E-state index contributed by atoms with van der Waals surface area (Å²) in [5.74, 6) is -0.498. The Morgan fingerprint density at radius 2 is 1.74 bits per heavy atom. The lowest BCUT2D eigenvalue weighted by Gasteiger charge is -2.37. The van der Waals surface area contributed by atoms with Crippen LogP contribution < -0.4 is 5.32 Å². The van der Waals surface area contributed by atoms with Gasteiger partial charge in [0.1, 0.15) is 0 Å². The van der Waals surface area contributed by atoms with Crippen molar-refractivity contribution < 1.29 is 19.2 Å². The first kappa shape index (κ1) is 23.0. The van der Waals surface area contributed by atoms with Crippen molar-refractivity contribution in [3.63, 3.8) is 0 Å². The van der Waals surface area contributed by atoms with E-state index in [2.05, 4.69) is 33.4 Å². The molecule has 0 saturated heterocycles. The molecule has 0 aromatic heterocycles. The van der Waals surface area contributed by atoms with Crippen molar-refractivity contribution in [1.82, 2.24) is 0 Å². The molecule has 2 aliphatic rings. The van der Waals surface area contributed by atoms with E-state index in [1.165, 1.54) is 12.1 Å². The third-order valence-electron chi connectivity index (χ3n) is 6.56. The SMILES string of the molecule is O=C(COC(=O)c1ccc2c(c1)[C@@H]1C=CC[C@H]1[C@H](c1ccc([N+](=O)[O-])cc1)N2)c1ccc(Br)cc1. The highest BCUT2D eigenvalue weighted by molar-refractivity contribution is 9.10. The van der Waals surface area contributed by atoms with Crippen molar-refractivity contribution >= 4 is 39.1 Å². The maximum absolute atomic E-state index is 12.7. The monoisotopic (exact) mass is 532 g/mol. The fourth-order valence-electron chi connectivity index (χ4n) is 4.79. The molecule has 0 radical (unpaired) electrons. The van der Waals surface area contributed by atoms with Gasteiger partial charge in [0, 0.05) is 33.8 Å². The van der Waals surface area contributed by atoms with Gasteiger partial charge in [0.25, 0.3) is 5.69 Å². The lowest BCUT2D eigenvalue weighted by Crippen LogP contribution is -2.29. The van der Waals surface area contributed by atoms with E-state index >= 15 is 0 Å². The Morgan fingerprint density at radius 3 is 2.46 bits per heavy atom. The quantitative estimate of drug-likeness (QED) is 0.133. The summed E-state index contributed by atoms with van der Waals surface area (Å²) in [4.78, 5) is 35.7. The minimum absolute atomic E-state index is 0.00960.